The van der Waals surface area contributed by atoms with Crippen molar-refractivity contribution >= 4 is 17.7 Å². The van der Waals surface area contributed by atoms with Crippen LogP contribution in [0.3, 0.4) is 0 Å². The molecule has 3 rings (SSSR count). The lowest BCUT2D eigenvalue weighted by molar-refractivity contribution is -0.146. The van der Waals surface area contributed by atoms with E-state index < -0.39 is 6.04 Å². The van der Waals surface area contributed by atoms with Crippen molar-refractivity contribution in [1.29, 1.82) is 0 Å². The largest absolute Gasteiger partial charge is 0.467 e. The zero-order valence-electron chi connectivity index (χ0n) is 18.2. The Morgan fingerprint density at radius 1 is 1.30 bits per heavy atom. The molecule has 3 N–H and O–H groups in total. The van der Waals surface area contributed by atoms with Gasteiger partial charge in [-0.3, -0.25) is 4.79 Å². The Morgan fingerprint density at radius 3 is 2.87 bits per heavy atom. The fourth-order valence-electron chi connectivity index (χ4n) is 3.81. The molecule has 8 nitrogen and oxygen atoms in total. The van der Waals surface area contributed by atoms with Crippen LogP contribution in [0, 0.1) is 5.92 Å². The maximum absolute atomic E-state index is 12.2. The third-order valence-corrected chi connectivity index (χ3v) is 5.93. The molecule has 2 aliphatic heterocycles. The summed E-state index contributed by atoms with van der Waals surface area (Å²) in [6.45, 7) is 4.03. The van der Waals surface area contributed by atoms with Crippen LogP contribution in [0.4, 0.5) is 5.82 Å². The minimum absolute atomic E-state index is 0.0395. The Hall–Kier alpha value is -2.19. The van der Waals surface area contributed by atoms with Crippen LogP contribution in [0.25, 0.3) is 0 Å². The first-order valence-corrected chi connectivity index (χ1v) is 11.1. The number of esters is 1. The van der Waals surface area contributed by atoms with Crippen LogP contribution in [0.2, 0.25) is 0 Å². The number of ether oxygens (including phenoxy) is 1. The van der Waals surface area contributed by atoms with Gasteiger partial charge >= 0.3 is 5.97 Å². The third kappa shape index (κ3) is 6.40. The molecule has 0 aromatic carbocycles. The lowest BCUT2D eigenvalue weighted by Crippen LogP contribution is -2.54. The van der Waals surface area contributed by atoms with E-state index in [0.717, 1.165) is 56.8 Å². The van der Waals surface area contributed by atoms with Gasteiger partial charge in [-0.15, -0.1) is 0 Å². The summed E-state index contributed by atoms with van der Waals surface area (Å²) in [6.07, 6.45) is 5.95. The summed E-state index contributed by atoms with van der Waals surface area (Å²) in [7, 11) is 3.41. The molecule has 0 bridgehead atoms. The summed E-state index contributed by atoms with van der Waals surface area (Å²) in [5, 5.41) is 9.31. The summed E-state index contributed by atoms with van der Waals surface area (Å²) in [5.74, 6) is 0.571. The molecule has 1 aromatic heterocycles. The van der Waals surface area contributed by atoms with Gasteiger partial charge in [-0.05, 0) is 63.7 Å². The van der Waals surface area contributed by atoms with Crippen LogP contribution in [0.5, 0.6) is 0 Å². The van der Waals surface area contributed by atoms with Gasteiger partial charge in [0.15, 0.2) is 0 Å². The van der Waals surface area contributed by atoms with E-state index >= 15 is 0 Å². The fraction of sp³-hybridized carbons (Fsp3) is 0.682. The normalized spacial score (nSPS) is 16.9. The SMILES string of the molecule is COC(=O)[C@H](CCN(C)CCCCc1ccc2c(n1)NCCC2)NC(=O)C1CNC1. The van der Waals surface area contributed by atoms with Crippen molar-refractivity contribution in [3.8, 4) is 0 Å². The average molecular weight is 418 g/mol. The molecule has 1 amide bonds. The van der Waals surface area contributed by atoms with E-state index in [9.17, 15) is 9.59 Å². The molecule has 1 fully saturated rings. The third-order valence-electron chi connectivity index (χ3n) is 5.93. The Kier molecular flexibility index (Phi) is 8.45. The first-order valence-electron chi connectivity index (χ1n) is 11.1. The molecule has 0 spiro atoms. The molecule has 166 valence electrons. The smallest absolute Gasteiger partial charge is 0.328 e. The molecular formula is C22H35N5O3. The molecule has 0 saturated carbocycles. The van der Waals surface area contributed by atoms with Crippen molar-refractivity contribution in [1.82, 2.24) is 20.5 Å². The van der Waals surface area contributed by atoms with Crippen LogP contribution in [-0.2, 0) is 27.2 Å². The van der Waals surface area contributed by atoms with E-state index in [1.54, 1.807) is 0 Å². The Balaban J connectivity index is 1.35. The highest BCUT2D eigenvalue weighted by atomic mass is 16.5. The van der Waals surface area contributed by atoms with Gasteiger partial charge in [0.2, 0.25) is 5.91 Å². The van der Waals surface area contributed by atoms with Gasteiger partial charge in [0.1, 0.15) is 11.9 Å². The number of nitrogens with zero attached hydrogens (tertiary/aromatic N) is 2. The minimum Gasteiger partial charge on any atom is -0.467 e. The molecule has 0 unspecified atom stereocenters. The number of pyridine rings is 1. The van der Waals surface area contributed by atoms with Gasteiger partial charge in [-0.1, -0.05) is 6.07 Å². The zero-order chi connectivity index (χ0) is 21.3. The highest BCUT2D eigenvalue weighted by Gasteiger charge is 2.29. The first-order chi connectivity index (χ1) is 14.6. The molecule has 0 radical (unpaired) electrons. The summed E-state index contributed by atoms with van der Waals surface area (Å²) >= 11 is 0. The van der Waals surface area contributed by atoms with Gasteiger partial charge < -0.3 is 25.6 Å². The highest BCUT2D eigenvalue weighted by molar-refractivity contribution is 5.86. The second-order valence-corrected chi connectivity index (χ2v) is 8.33. The Bertz CT molecular complexity index is 723. The maximum atomic E-state index is 12.2. The molecule has 1 aromatic rings. The monoisotopic (exact) mass is 417 g/mol. The minimum atomic E-state index is -0.585. The lowest BCUT2D eigenvalue weighted by Gasteiger charge is -2.28. The second kappa shape index (κ2) is 11.3. The molecule has 0 aliphatic carbocycles. The number of aromatic nitrogens is 1. The van der Waals surface area contributed by atoms with E-state index in [-0.39, 0.29) is 17.8 Å². The molecule has 3 heterocycles. The van der Waals surface area contributed by atoms with Crippen LogP contribution in [0.1, 0.15) is 36.9 Å². The molecule has 30 heavy (non-hydrogen) atoms. The Morgan fingerprint density at radius 2 is 2.13 bits per heavy atom. The number of carbonyl (C=O) groups excluding carboxylic acids is 2. The molecular weight excluding hydrogens is 382 g/mol. The summed E-state index contributed by atoms with van der Waals surface area (Å²) in [6, 6.07) is 3.77. The highest BCUT2D eigenvalue weighted by Crippen LogP contribution is 2.20. The number of fused-ring (bicyclic) bond motifs is 1. The van der Waals surface area contributed by atoms with Crippen molar-refractivity contribution in [3.63, 3.8) is 0 Å². The van der Waals surface area contributed by atoms with Crippen molar-refractivity contribution in [2.75, 3.05) is 52.2 Å². The van der Waals surface area contributed by atoms with Crippen LogP contribution >= 0.6 is 0 Å². The number of nitrogens with one attached hydrogen (secondary N) is 3. The number of rotatable bonds is 11. The summed E-state index contributed by atoms with van der Waals surface area (Å²) in [4.78, 5) is 31.1. The van der Waals surface area contributed by atoms with Gasteiger partial charge in [-0.2, -0.15) is 0 Å². The number of methoxy groups -OCH3 is 1. The number of carbonyl (C=O) groups is 2. The summed E-state index contributed by atoms with van der Waals surface area (Å²) < 4.78 is 4.86. The number of anilines is 1. The average Bonchev–Trinajstić information content (AvgIpc) is 2.72. The first kappa shape index (κ1) is 22.5. The van der Waals surface area contributed by atoms with Crippen molar-refractivity contribution in [2.45, 2.75) is 44.6 Å². The standard InChI is InChI=1S/C22H35N5O3/c1-27(13-10-19(22(29)30-2)26-21(28)17-14-23-15-17)12-4-3-7-18-9-8-16-6-5-11-24-20(16)25-18/h8-9,17,19,23H,3-7,10-15H2,1-2H3,(H,24,25)(H,26,28)/t19-/m0/s1. The molecule has 2 aliphatic rings. The van der Waals surface area contributed by atoms with E-state index in [4.69, 9.17) is 9.72 Å². The van der Waals surface area contributed by atoms with Crippen LogP contribution < -0.4 is 16.0 Å². The molecule has 8 heteroatoms. The fourth-order valence-corrected chi connectivity index (χ4v) is 3.81. The summed E-state index contributed by atoms with van der Waals surface area (Å²) in [5.41, 5.74) is 2.47. The lowest BCUT2D eigenvalue weighted by atomic mass is 10.0. The number of hydrogen-bond donors (Lipinski definition) is 3. The number of unbranched alkanes of at least 4 members (excludes halogenated alkanes) is 1. The van der Waals surface area contributed by atoms with Crippen molar-refractivity contribution < 1.29 is 14.3 Å². The predicted molar refractivity (Wildman–Crippen MR) is 116 cm³/mol. The van der Waals surface area contributed by atoms with Crippen LogP contribution in [-0.4, -0.2) is 74.7 Å². The van der Waals surface area contributed by atoms with Crippen molar-refractivity contribution in [2.24, 2.45) is 5.92 Å². The topological polar surface area (TPSA) is 95.6 Å². The van der Waals surface area contributed by atoms with Crippen LogP contribution in [0.15, 0.2) is 12.1 Å². The number of amides is 1. The quantitative estimate of drug-likeness (QED) is 0.365. The molecule has 1 saturated heterocycles. The van der Waals surface area contributed by atoms with Gasteiger partial charge in [0, 0.05) is 31.9 Å². The van der Waals surface area contributed by atoms with Crippen molar-refractivity contribution in [3.05, 3.63) is 23.4 Å². The van der Waals surface area contributed by atoms with Gasteiger partial charge in [0.25, 0.3) is 0 Å². The number of hydrogen-bond acceptors (Lipinski definition) is 7. The van der Waals surface area contributed by atoms with E-state index in [1.807, 2.05) is 7.05 Å². The van der Waals surface area contributed by atoms with Gasteiger partial charge in [0.05, 0.1) is 13.0 Å². The van der Waals surface area contributed by atoms with E-state index in [0.29, 0.717) is 19.5 Å². The van der Waals surface area contributed by atoms with Gasteiger partial charge in [-0.25, -0.2) is 9.78 Å². The molecule has 1 atom stereocenters. The Labute approximate surface area is 179 Å². The predicted octanol–water partition coefficient (Wildman–Crippen LogP) is 0.962. The second-order valence-electron chi connectivity index (χ2n) is 8.33. The van der Waals surface area contributed by atoms with E-state index in [2.05, 4.69) is 33.0 Å². The maximum Gasteiger partial charge on any atom is 0.328 e. The zero-order valence-corrected chi connectivity index (χ0v) is 18.2. The van der Waals surface area contributed by atoms with E-state index in [1.165, 1.54) is 19.1 Å². The number of aryl methyl sites for hydroxylation is 2.